The van der Waals surface area contributed by atoms with E-state index in [1.54, 1.807) is 0 Å². The van der Waals surface area contributed by atoms with Gasteiger partial charge < -0.3 is 5.32 Å². The minimum absolute atomic E-state index is 0.365. The molecule has 2 atom stereocenters. The Hall–Kier alpha value is 0.270. The van der Waals surface area contributed by atoms with Crippen molar-refractivity contribution in [1.29, 1.82) is 0 Å². The van der Waals surface area contributed by atoms with E-state index in [0.29, 0.717) is 5.54 Å². The van der Waals surface area contributed by atoms with Crippen LogP contribution in [0.2, 0.25) is 0 Å². The van der Waals surface area contributed by atoms with Crippen molar-refractivity contribution >= 4 is 11.8 Å². The number of thioether (sulfide) groups is 1. The fourth-order valence-corrected chi connectivity index (χ4v) is 3.12. The molecule has 0 aromatic heterocycles. The van der Waals surface area contributed by atoms with Crippen LogP contribution in [0, 0.1) is 0 Å². The second-order valence-corrected chi connectivity index (χ2v) is 6.68. The Morgan fingerprint density at radius 1 is 1.35 bits per heavy atom. The van der Waals surface area contributed by atoms with E-state index in [1.165, 1.54) is 38.9 Å². The van der Waals surface area contributed by atoms with Crippen molar-refractivity contribution in [2.75, 3.05) is 25.9 Å². The van der Waals surface area contributed by atoms with Crippen LogP contribution >= 0.6 is 11.8 Å². The third-order valence-electron chi connectivity index (χ3n) is 4.45. The van der Waals surface area contributed by atoms with Crippen LogP contribution in [0.25, 0.3) is 0 Å². The van der Waals surface area contributed by atoms with Gasteiger partial charge in [-0.2, -0.15) is 11.8 Å². The zero-order valence-corrected chi connectivity index (χ0v) is 13.1. The van der Waals surface area contributed by atoms with E-state index in [4.69, 9.17) is 0 Å². The summed E-state index contributed by atoms with van der Waals surface area (Å²) in [6, 6.07) is 0.732. The van der Waals surface area contributed by atoms with Gasteiger partial charge in [-0.05, 0) is 25.5 Å². The predicted octanol–water partition coefficient (Wildman–Crippen LogP) is 2.98. The van der Waals surface area contributed by atoms with E-state index >= 15 is 0 Å². The lowest BCUT2D eigenvalue weighted by Gasteiger charge is -2.48. The van der Waals surface area contributed by atoms with E-state index in [1.807, 2.05) is 11.8 Å². The van der Waals surface area contributed by atoms with Crippen molar-refractivity contribution in [1.82, 2.24) is 10.2 Å². The van der Waals surface area contributed by atoms with Crippen LogP contribution in [0.5, 0.6) is 0 Å². The van der Waals surface area contributed by atoms with Crippen molar-refractivity contribution in [2.45, 2.75) is 63.8 Å². The summed E-state index contributed by atoms with van der Waals surface area (Å²) >= 11 is 1.98. The first kappa shape index (κ1) is 15.3. The smallest absolute Gasteiger partial charge is 0.0304 e. The Kier molecular flexibility index (Phi) is 6.32. The number of nitrogens with one attached hydrogen (secondary N) is 1. The Bertz CT molecular complexity index is 216. The van der Waals surface area contributed by atoms with Gasteiger partial charge in [0.2, 0.25) is 0 Å². The van der Waals surface area contributed by atoms with Crippen molar-refractivity contribution < 1.29 is 0 Å². The number of rotatable bonds is 6. The zero-order chi connectivity index (χ0) is 12.9. The third-order valence-corrected chi connectivity index (χ3v) is 5.41. The van der Waals surface area contributed by atoms with Crippen LogP contribution in [-0.4, -0.2) is 47.6 Å². The summed E-state index contributed by atoms with van der Waals surface area (Å²) in [5.41, 5.74) is 0.365. The minimum Gasteiger partial charge on any atom is -0.308 e. The summed E-state index contributed by atoms with van der Waals surface area (Å²) in [5.74, 6) is 0. The highest BCUT2D eigenvalue weighted by atomic mass is 32.2. The van der Waals surface area contributed by atoms with Crippen molar-refractivity contribution in [3.05, 3.63) is 0 Å². The molecular formula is C14H30N2S. The second kappa shape index (κ2) is 7.01. The standard InChI is InChI=1S/C14H30N2S/c1-6-13-9-15-14(7-2,8-3)11-16(13)10-12(4)17-5/h12-13,15H,6-11H2,1-5H3. The lowest BCUT2D eigenvalue weighted by atomic mass is 9.88. The molecule has 0 bridgehead atoms. The van der Waals surface area contributed by atoms with Crippen LogP contribution in [0.3, 0.4) is 0 Å². The van der Waals surface area contributed by atoms with E-state index in [0.717, 1.165) is 11.3 Å². The van der Waals surface area contributed by atoms with Gasteiger partial charge in [0.1, 0.15) is 0 Å². The fraction of sp³-hybridized carbons (Fsp3) is 1.00. The molecule has 2 nitrogen and oxygen atoms in total. The van der Waals surface area contributed by atoms with Crippen LogP contribution < -0.4 is 5.32 Å². The molecule has 1 fully saturated rings. The third kappa shape index (κ3) is 3.87. The van der Waals surface area contributed by atoms with Crippen molar-refractivity contribution in [3.63, 3.8) is 0 Å². The molecule has 0 aromatic rings. The van der Waals surface area contributed by atoms with Crippen LogP contribution in [0.4, 0.5) is 0 Å². The molecule has 0 aromatic carbocycles. The normalized spacial score (nSPS) is 27.0. The molecule has 0 amide bonds. The van der Waals surface area contributed by atoms with E-state index < -0.39 is 0 Å². The molecule has 1 aliphatic rings. The topological polar surface area (TPSA) is 15.3 Å². The Labute approximate surface area is 112 Å². The number of piperazine rings is 1. The van der Waals surface area contributed by atoms with E-state index in [-0.39, 0.29) is 0 Å². The Morgan fingerprint density at radius 3 is 2.47 bits per heavy atom. The molecule has 2 unspecified atom stereocenters. The molecule has 1 heterocycles. The SMILES string of the molecule is CCC1CNC(CC)(CC)CN1CC(C)SC. The van der Waals surface area contributed by atoms with E-state index in [2.05, 4.69) is 44.2 Å². The summed E-state index contributed by atoms with van der Waals surface area (Å²) in [5, 5.41) is 4.55. The molecule has 0 aliphatic carbocycles. The summed E-state index contributed by atoms with van der Waals surface area (Å²) in [7, 11) is 0. The van der Waals surface area contributed by atoms with Crippen LogP contribution in [-0.2, 0) is 0 Å². The van der Waals surface area contributed by atoms with Crippen molar-refractivity contribution in [2.24, 2.45) is 0 Å². The molecule has 102 valence electrons. The number of hydrogen-bond donors (Lipinski definition) is 1. The molecule has 0 spiro atoms. The van der Waals surface area contributed by atoms with Gasteiger partial charge in [0.15, 0.2) is 0 Å². The van der Waals surface area contributed by atoms with Gasteiger partial charge in [-0.1, -0.05) is 27.7 Å². The lowest BCUT2D eigenvalue weighted by molar-refractivity contribution is 0.0719. The molecule has 1 saturated heterocycles. The average molecular weight is 258 g/mol. The molecule has 17 heavy (non-hydrogen) atoms. The van der Waals surface area contributed by atoms with E-state index in [9.17, 15) is 0 Å². The summed E-state index contributed by atoms with van der Waals surface area (Å²) in [6.07, 6.45) is 5.96. The highest BCUT2D eigenvalue weighted by molar-refractivity contribution is 7.99. The summed E-state index contributed by atoms with van der Waals surface area (Å²) in [4.78, 5) is 2.73. The van der Waals surface area contributed by atoms with Gasteiger partial charge in [-0.15, -0.1) is 0 Å². The van der Waals surface area contributed by atoms with Gasteiger partial charge in [0.25, 0.3) is 0 Å². The highest BCUT2D eigenvalue weighted by Crippen LogP contribution is 2.25. The first-order chi connectivity index (χ1) is 8.10. The number of nitrogens with zero attached hydrogens (tertiary/aromatic N) is 1. The summed E-state index contributed by atoms with van der Waals surface area (Å²) < 4.78 is 0. The van der Waals surface area contributed by atoms with Gasteiger partial charge in [-0.3, -0.25) is 4.90 Å². The number of hydrogen-bond acceptors (Lipinski definition) is 3. The highest BCUT2D eigenvalue weighted by Gasteiger charge is 2.36. The zero-order valence-electron chi connectivity index (χ0n) is 12.3. The fourth-order valence-electron chi connectivity index (χ4n) is 2.78. The lowest BCUT2D eigenvalue weighted by Crippen LogP contribution is -2.64. The maximum Gasteiger partial charge on any atom is 0.0304 e. The van der Waals surface area contributed by atoms with Gasteiger partial charge in [0.05, 0.1) is 0 Å². The quantitative estimate of drug-likeness (QED) is 0.788. The Morgan fingerprint density at radius 2 is 2.00 bits per heavy atom. The van der Waals surface area contributed by atoms with Crippen molar-refractivity contribution in [3.8, 4) is 0 Å². The van der Waals surface area contributed by atoms with Crippen LogP contribution in [0.15, 0.2) is 0 Å². The minimum atomic E-state index is 0.365. The molecule has 1 N–H and O–H groups in total. The molecule has 0 saturated carbocycles. The monoisotopic (exact) mass is 258 g/mol. The largest absolute Gasteiger partial charge is 0.308 e. The molecule has 1 rings (SSSR count). The molecule has 3 heteroatoms. The first-order valence-corrected chi connectivity index (χ1v) is 8.41. The molecular weight excluding hydrogens is 228 g/mol. The second-order valence-electron chi connectivity index (χ2n) is 5.41. The van der Waals surface area contributed by atoms with Gasteiger partial charge in [0, 0.05) is 36.5 Å². The van der Waals surface area contributed by atoms with Gasteiger partial charge >= 0.3 is 0 Å². The maximum absolute atomic E-state index is 3.81. The van der Waals surface area contributed by atoms with Crippen LogP contribution in [0.1, 0.15) is 47.0 Å². The predicted molar refractivity (Wildman–Crippen MR) is 79.9 cm³/mol. The molecule has 1 aliphatic heterocycles. The Balaban J connectivity index is 2.67. The average Bonchev–Trinajstić information content (AvgIpc) is 2.38. The summed E-state index contributed by atoms with van der Waals surface area (Å²) in [6.45, 7) is 12.9. The van der Waals surface area contributed by atoms with Gasteiger partial charge in [-0.25, -0.2) is 0 Å². The molecule has 0 radical (unpaired) electrons. The first-order valence-electron chi connectivity index (χ1n) is 7.12. The maximum atomic E-state index is 3.81.